The molecular weight excluding hydrogens is 342 g/mol. The van der Waals surface area contributed by atoms with E-state index in [1.54, 1.807) is 0 Å². The van der Waals surface area contributed by atoms with Gasteiger partial charge >= 0.3 is 0 Å². The Morgan fingerprint density at radius 3 is 2.64 bits per heavy atom. The van der Waals surface area contributed by atoms with Crippen molar-refractivity contribution in [3.8, 4) is 11.3 Å². The van der Waals surface area contributed by atoms with Gasteiger partial charge in [-0.05, 0) is 54.5 Å². The van der Waals surface area contributed by atoms with Crippen molar-refractivity contribution in [2.45, 2.75) is 27.2 Å². The van der Waals surface area contributed by atoms with E-state index in [2.05, 4.69) is 81.4 Å². The van der Waals surface area contributed by atoms with Gasteiger partial charge in [-0.1, -0.05) is 55.8 Å². The quantitative estimate of drug-likeness (QED) is 0.335. The molecule has 0 fully saturated rings. The lowest BCUT2D eigenvalue weighted by Gasteiger charge is -2.10. The van der Waals surface area contributed by atoms with Crippen LogP contribution in [0.3, 0.4) is 0 Å². The number of furan rings is 1. The van der Waals surface area contributed by atoms with Gasteiger partial charge in [0.05, 0.1) is 5.69 Å². The molecule has 0 radical (unpaired) electrons. The molecule has 0 saturated carbocycles. The highest BCUT2D eigenvalue weighted by Crippen LogP contribution is 2.37. The van der Waals surface area contributed by atoms with E-state index in [4.69, 9.17) is 9.40 Å². The van der Waals surface area contributed by atoms with Crippen molar-refractivity contribution in [1.82, 2.24) is 4.98 Å². The molecule has 3 aromatic carbocycles. The molecule has 2 nitrogen and oxygen atoms in total. The predicted molar refractivity (Wildman–Crippen MR) is 118 cm³/mol. The van der Waals surface area contributed by atoms with E-state index in [1.807, 2.05) is 6.20 Å². The lowest BCUT2D eigenvalue weighted by molar-refractivity contribution is 0.648. The monoisotopic (exact) mass is 365 g/mol. The Morgan fingerprint density at radius 1 is 0.893 bits per heavy atom. The summed E-state index contributed by atoms with van der Waals surface area (Å²) in [7, 11) is 0. The van der Waals surface area contributed by atoms with E-state index < -0.39 is 0 Å². The van der Waals surface area contributed by atoms with Gasteiger partial charge in [0.15, 0.2) is 0 Å². The highest BCUT2D eigenvalue weighted by molar-refractivity contribution is 6.11. The molecule has 0 bridgehead atoms. The lowest BCUT2D eigenvalue weighted by atomic mass is 9.97. The van der Waals surface area contributed by atoms with Crippen molar-refractivity contribution in [2.75, 3.05) is 0 Å². The van der Waals surface area contributed by atoms with Crippen LogP contribution in [0, 0.1) is 12.8 Å². The summed E-state index contributed by atoms with van der Waals surface area (Å²) in [5, 5.41) is 4.70. The maximum Gasteiger partial charge on any atom is 0.144 e. The topological polar surface area (TPSA) is 26.0 Å². The third-order valence-electron chi connectivity index (χ3n) is 5.38. The summed E-state index contributed by atoms with van der Waals surface area (Å²) in [6.07, 6.45) is 2.99. The van der Waals surface area contributed by atoms with E-state index in [1.165, 1.54) is 21.9 Å². The fourth-order valence-electron chi connectivity index (χ4n) is 4.14. The Bertz CT molecular complexity index is 1330. The highest BCUT2D eigenvalue weighted by Gasteiger charge is 2.15. The maximum atomic E-state index is 6.28. The number of para-hydroxylation sites is 1. The summed E-state index contributed by atoms with van der Waals surface area (Å²) in [5.74, 6) is 0.645. The average Bonchev–Trinajstić information content (AvgIpc) is 3.05. The molecule has 5 aromatic rings. The first-order chi connectivity index (χ1) is 13.6. The van der Waals surface area contributed by atoms with Crippen molar-refractivity contribution in [3.63, 3.8) is 0 Å². The molecule has 0 amide bonds. The van der Waals surface area contributed by atoms with Crippen LogP contribution in [0.4, 0.5) is 0 Å². The van der Waals surface area contributed by atoms with Crippen LogP contribution in [0.1, 0.15) is 25.0 Å². The number of nitrogens with zero attached hydrogens (tertiary/aromatic N) is 1. The first-order valence-corrected chi connectivity index (χ1v) is 9.90. The van der Waals surface area contributed by atoms with Gasteiger partial charge in [0.2, 0.25) is 0 Å². The molecule has 0 atom stereocenters. The normalized spacial score (nSPS) is 11.9. The van der Waals surface area contributed by atoms with Crippen LogP contribution in [0.15, 0.2) is 71.3 Å². The summed E-state index contributed by atoms with van der Waals surface area (Å²) >= 11 is 0. The zero-order chi connectivity index (χ0) is 19.3. The molecule has 0 saturated heterocycles. The van der Waals surface area contributed by atoms with Crippen molar-refractivity contribution in [3.05, 3.63) is 78.0 Å². The van der Waals surface area contributed by atoms with Crippen LogP contribution in [-0.2, 0) is 6.42 Å². The Balaban J connectivity index is 1.76. The molecule has 0 aliphatic heterocycles. The SMILES string of the molecule is Cc1ccc2oc3c(-c4nccc5cc(CC(C)C)ccc45)cccc3c2c1. The third-order valence-corrected chi connectivity index (χ3v) is 5.38. The number of aromatic nitrogens is 1. The van der Waals surface area contributed by atoms with Gasteiger partial charge in [0, 0.05) is 27.9 Å². The fraction of sp³-hybridized carbons (Fsp3) is 0.192. The fourth-order valence-corrected chi connectivity index (χ4v) is 4.14. The summed E-state index contributed by atoms with van der Waals surface area (Å²) in [5.41, 5.74) is 6.48. The molecule has 0 spiro atoms. The van der Waals surface area contributed by atoms with Gasteiger partial charge in [0.25, 0.3) is 0 Å². The summed E-state index contributed by atoms with van der Waals surface area (Å²) in [4.78, 5) is 4.75. The van der Waals surface area contributed by atoms with Crippen molar-refractivity contribution >= 4 is 32.7 Å². The third kappa shape index (κ3) is 2.77. The first kappa shape index (κ1) is 17.0. The van der Waals surface area contributed by atoms with Gasteiger partial charge in [-0.15, -0.1) is 0 Å². The second-order valence-corrected chi connectivity index (χ2v) is 8.10. The number of hydrogen-bond acceptors (Lipinski definition) is 2. The summed E-state index contributed by atoms with van der Waals surface area (Å²) < 4.78 is 6.28. The number of pyridine rings is 1. The van der Waals surface area contributed by atoms with Crippen LogP contribution in [0.5, 0.6) is 0 Å². The van der Waals surface area contributed by atoms with E-state index in [0.29, 0.717) is 5.92 Å². The van der Waals surface area contributed by atoms with Gasteiger partial charge in [0.1, 0.15) is 11.2 Å². The van der Waals surface area contributed by atoms with Gasteiger partial charge in [-0.3, -0.25) is 4.98 Å². The van der Waals surface area contributed by atoms with Crippen molar-refractivity contribution in [2.24, 2.45) is 5.92 Å². The molecule has 28 heavy (non-hydrogen) atoms. The number of benzene rings is 3. The van der Waals surface area contributed by atoms with Crippen LogP contribution < -0.4 is 0 Å². The standard InChI is InChI=1S/C26H23NO/c1-16(2)13-18-8-9-20-19(15-18)11-12-27-25(20)22-6-4-5-21-23-14-17(3)7-10-24(23)28-26(21)22/h4-12,14-16H,13H2,1-3H3. The Hall–Kier alpha value is -3.13. The van der Waals surface area contributed by atoms with Crippen LogP contribution >= 0.6 is 0 Å². The Kier molecular flexibility index (Phi) is 3.94. The van der Waals surface area contributed by atoms with Gasteiger partial charge < -0.3 is 4.42 Å². The number of fused-ring (bicyclic) bond motifs is 4. The second kappa shape index (κ2) is 6.49. The molecule has 2 heteroatoms. The maximum absolute atomic E-state index is 6.28. The second-order valence-electron chi connectivity index (χ2n) is 8.10. The molecule has 2 aromatic heterocycles. The minimum Gasteiger partial charge on any atom is -0.455 e. The van der Waals surface area contributed by atoms with Crippen molar-refractivity contribution < 1.29 is 4.42 Å². The Morgan fingerprint density at radius 2 is 1.79 bits per heavy atom. The predicted octanol–water partition coefficient (Wildman–Crippen LogP) is 7.31. The number of rotatable bonds is 3. The Labute approximate surface area is 164 Å². The molecule has 2 heterocycles. The average molecular weight is 365 g/mol. The minimum absolute atomic E-state index is 0.645. The minimum atomic E-state index is 0.645. The number of hydrogen-bond donors (Lipinski definition) is 0. The van der Waals surface area contributed by atoms with E-state index in [9.17, 15) is 0 Å². The first-order valence-electron chi connectivity index (χ1n) is 9.90. The van der Waals surface area contributed by atoms with E-state index in [-0.39, 0.29) is 0 Å². The molecular formula is C26H23NO. The molecule has 0 aliphatic carbocycles. The van der Waals surface area contributed by atoms with Crippen LogP contribution in [0.2, 0.25) is 0 Å². The van der Waals surface area contributed by atoms with Crippen LogP contribution in [0.25, 0.3) is 44.0 Å². The summed E-state index contributed by atoms with van der Waals surface area (Å²) in [6.45, 7) is 6.63. The van der Waals surface area contributed by atoms with Crippen LogP contribution in [-0.4, -0.2) is 4.98 Å². The molecule has 5 rings (SSSR count). The summed E-state index contributed by atoms with van der Waals surface area (Å²) in [6, 6.07) is 21.5. The van der Waals surface area contributed by atoms with E-state index in [0.717, 1.165) is 39.6 Å². The zero-order valence-corrected chi connectivity index (χ0v) is 16.5. The molecule has 0 aliphatic rings. The van der Waals surface area contributed by atoms with Gasteiger partial charge in [-0.25, -0.2) is 0 Å². The highest BCUT2D eigenvalue weighted by atomic mass is 16.3. The smallest absolute Gasteiger partial charge is 0.144 e. The lowest BCUT2D eigenvalue weighted by Crippen LogP contribution is -1.94. The largest absolute Gasteiger partial charge is 0.455 e. The van der Waals surface area contributed by atoms with E-state index >= 15 is 0 Å². The zero-order valence-electron chi connectivity index (χ0n) is 16.5. The molecule has 0 unspecified atom stereocenters. The van der Waals surface area contributed by atoms with Gasteiger partial charge in [-0.2, -0.15) is 0 Å². The molecule has 138 valence electrons. The van der Waals surface area contributed by atoms with Crippen molar-refractivity contribution in [1.29, 1.82) is 0 Å². The number of aryl methyl sites for hydroxylation is 1. The molecule has 0 N–H and O–H groups in total.